The molecule has 0 bridgehead atoms. The molecule has 0 fully saturated rings. The topological polar surface area (TPSA) is 117 Å². The molecule has 0 atom stereocenters. The molecule has 0 spiro atoms. The quantitative estimate of drug-likeness (QED) is 0.324. The largest absolute Gasteiger partial charge is 0.486 e. The second kappa shape index (κ2) is 9.09. The number of nitrogens with one attached hydrogen (secondary N) is 1. The first-order valence-corrected chi connectivity index (χ1v) is 9.23. The highest BCUT2D eigenvalue weighted by Crippen LogP contribution is 2.34. The molecular weight excluding hydrogens is 388 g/mol. The Hall–Kier alpha value is -3.27. The van der Waals surface area contributed by atoms with Crippen molar-refractivity contribution in [1.82, 2.24) is 0 Å². The van der Waals surface area contributed by atoms with Gasteiger partial charge in [0.05, 0.1) is 10.7 Å². The zero-order valence-corrected chi connectivity index (χ0v) is 15.4. The summed E-state index contributed by atoms with van der Waals surface area (Å²) in [7, 11) is 0. The van der Waals surface area contributed by atoms with Gasteiger partial charge in [-0.2, -0.15) is 0 Å². The molecule has 1 N–H and O–H groups in total. The summed E-state index contributed by atoms with van der Waals surface area (Å²) in [6.07, 6.45) is 0. The van der Waals surface area contributed by atoms with Crippen LogP contribution in [0.5, 0.6) is 11.5 Å². The van der Waals surface area contributed by atoms with E-state index in [-0.39, 0.29) is 17.1 Å². The smallest absolute Gasteiger partial charge is 0.316 e. The first kappa shape index (κ1) is 19.5. The number of esters is 1. The fourth-order valence-electron chi connectivity index (χ4n) is 2.37. The normalized spacial score (nSPS) is 12.1. The molecule has 3 rings (SSSR count). The van der Waals surface area contributed by atoms with Crippen molar-refractivity contribution in [2.75, 3.05) is 30.9 Å². The van der Waals surface area contributed by atoms with Crippen molar-refractivity contribution >= 4 is 35.0 Å². The van der Waals surface area contributed by atoms with E-state index in [1.807, 2.05) is 0 Å². The lowest BCUT2D eigenvalue weighted by Crippen LogP contribution is -2.22. The van der Waals surface area contributed by atoms with Crippen LogP contribution in [0, 0.1) is 10.1 Å². The third-order valence-corrected chi connectivity index (χ3v) is 4.58. The van der Waals surface area contributed by atoms with Crippen molar-refractivity contribution in [2.45, 2.75) is 4.90 Å². The Morgan fingerprint density at radius 3 is 2.68 bits per heavy atom. The van der Waals surface area contributed by atoms with Crippen molar-refractivity contribution in [2.24, 2.45) is 0 Å². The van der Waals surface area contributed by atoms with E-state index in [1.165, 1.54) is 30.0 Å². The van der Waals surface area contributed by atoms with E-state index < -0.39 is 23.4 Å². The second-order valence-corrected chi connectivity index (χ2v) is 6.63. The maximum absolute atomic E-state index is 11.9. The molecule has 2 aromatic rings. The number of ether oxygens (including phenoxy) is 3. The number of carbonyl (C=O) groups excluding carboxylic acids is 2. The summed E-state index contributed by atoms with van der Waals surface area (Å²) < 4.78 is 15.8. The van der Waals surface area contributed by atoms with E-state index in [0.29, 0.717) is 24.7 Å². The standard InChI is InChI=1S/C18H16N2O7S/c21-17(19-13-3-1-2-4-14(13)20(23)24)10-27-18(22)11-28-12-5-6-15-16(9-12)26-8-7-25-15/h1-6,9H,7-8,10-11H2,(H,19,21). The van der Waals surface area contributed by atoms with Gasteiger partial charge in [-0.25, -0.2) is 0 Å². The maximum Gasteiger partial charge on any atom is 0.316 e. The number of nitro groups is 1. The summed E-state index contributed by atoms with van der Waals surface area (Å²) in [5.74, 6) is 0.0289. The van der Waals surface area contributed by atoms with Gasteiger partial charge in [0, 0.05) is 11.0 Å². The Morgan fingerprint density at radius 1 is 1.14 bits per heavy atom. The van der Waals surface area contributed by atoms with Crippen LogP contribution < -0.4 is 14.8 Å². The Bertz CT molecular complexity index is 903. The number of thioether (sulfide) groups is 1. The van der Waals surface area contributed by atoms with Gasteiger partial charge < -0.3 is 19.5 Å². The van der Waals surface area contributed by atoms with Gasteiger partial charge in [0.15, 0.2) is 18.1 Å². The fourth-order valence-corrected chi connectivity index (χ4v) is 3.09. The molecule has 1 aliphatic heterocycles. The molecule has 0 radical (unpaired) electrons. The lowest BCUT2D eigenvalue weighted by Gasteiger charge is -2.18. The van der Waals surface area contributed by atoms with Crippen molar-refractivity contribution in [3.63, 3.8) is 0 Å². The number of amides is 1. The number of nitrogens with zero attached hydrogens (tertiary/aromatic N) is 1. The lowest BCUT2D eigenvalue weighted by molar-refractivity contribution is -0.383. The zero-order valence-electron chi connectivity index (χ0n) is 14.6. The number of anilines is 1. The predicted octanol–water partition coefficient (Wildman–Crippen LogP) is 2.64. The van der Waals surface area contributed by atoms with Gasteiger partial charge in [-0.15, -0.1) is 11.8 Å². The number of nitro benzene ring substituents is 1. The van der Waals surface area contributed by atoms with Gasteiger partial charge in [-0.05, 0) is 24.3 Å². The fraction of sp³-hybridized carbons (Fsp3) is 0.222. The molecule has 10 heteroatoms. The number of fused-ring (bicyclic) bond motifs is 1. The van der Waals surface area contributed by atoms with Crippen LogP contribution in [0.4, 0.5) is 11.4 Å². The van der Waals surface area contributed by atoms with Crippen LogP contribution in [0.15, 0.2) is 47.4 Å². The van der Waals surface area contributed by atoms with Gasteiger partial charge in [0.25, 0.3) is 11.6 Å². The summed E-state index contributed by atoms with van der Waals surface area (Å²) in [6.45, 7) is 0.435. The highest BCUT2D eigenvalue weighted by Gasteiger charge is 2.16. The maximum atomic E-state index is 11.9. The minimum Gasteiger partial charge on any atom is -0.486 e. The first-order chi connectivity index (χ1) is 13.5. The first-order valence-electron chi connectivity index (χ1n) is 8.24. The number of hydrogen-bond acceptors (Lipinski definition) is 8. The van der Waals surface area contributed by atoms with Gasteiger partial charge in [-0.1, -0.05) is 12.1 Å². The van der Waals surface area contributed by atoms with Gasteiger partial charge in [0.2, 0.25) is 0 Å². The monoisotopic (exact) mass is 404 g/mol. The van der Waals surface area contributed by atoms with E-state index in [2.05, 4.69) is 5.32 Å². The Balaban J connectivity index is 1.45. The van der Waals surface area contributed by atoms with E-state index in [9.17, 15) is 19.7 Å². The van der Waals surface area contributed by atoms with Crippen molar-refractivity contribution < 1.29 is 28.7 Å². The van der Waals surface area contributed by atoms with Crippen LogP contribution in [-0.4, -0.2) is 42.4 Å². The summed E-state index contributed by atoms with van der Waals surface area (Å²) in [5, 5.41) is 13.3. The predicted molar refractivity (Wildman–Crippen MR) is 101 cm³/mol. The Morgan fingerprint density at radius 2 is 1.89 bits per heavy atom. The molecule has 0 aliphatic carbocycles. The van der Waals surface area contributed by atoms with Gasteiger partial charge >= 0.3 is 5.97 Å². The van der Waals surface area contributed by atoms with Crippen LogP contribution in [0.25, 0.3) is 0 Å². The molecule has 1 amide bonds. The zero-order chi connectivity index (χ0) is 19.9. The van der Waals surface area contributed by atoms with Gasteiger partial charge in [0.1, 0.15) is 18.9 Å². The van der Waals surface area contributed by atoms with Crippen LogP contribution in [0.3, 0.4) is 0 Å². The molecule has 0 aromatic heterocycles. The van der Waals surface area contributed by atoms with E-state index in [1.54, 1.807) is 24.3 Å². The SMILES string of the molecule is O=C(COC(=O)CSc1ccc2c(c1)OCCO2)Nc1ccccc1[N+](=O)[O-]. The summed E-state index contributed by atoms with van der Waals surface area (Å²) in [5.41, 5.74) is -0.199. The van der Waals surface area contributed by atoms with E-state index in [4.69, 9.17) is 14.2 Å². The van der Waals surface area contributed by atoms with Gasteiger partial charge in [-0.3, -0.25) is 19.7 Å². The van der Waals surface area contributed by atoms with E-state index >= 15 is 0 Å². The highest BCUT2D eigenvalue weighted by atomic mass is 32.2. The molecule has 0 saturated heterocycles. The van der Waals surface area contributed by atoms with E-state index in [0.717, 1.165) is 4.90 Å². The second-order valence-electron chi connectivity index (χ2n) is 5.58. The molecule has 0 unspecified atom stereocenters. The van der Waals surface area contributed by atoms with Crippen LogP contribution in [0.2, 0.25) is 0 Å². The van der Waals surface area contributed by atoms with Crippen LogP contribution in [-0.2, 0) is 14.3 Å². The Kier molecular flexibility index (Phi) is 6.33. The van der Waals surface area contributed by atoms with Crippen LogP contribution in [0.1, 0.15) is 0 Å². The molecule has 1 aliphatic rings. The average molecular weight is 404 g/mol. The van der Waals surface area contributed by atoms with Crippen molar-refractivity contribution in [3.05, 3.63) is 52.6 Å². The summed E-state index contributed by atoms with van der Waals surface area (Å²) >= 11 is 1.23. The molecule has 2 aromatic carbocycles. The number of benzene rings is 2. The van der Waals surface area contributed by atoms with Crippen LogP contribution >= 0.6 is 11.8 Å². The molecular formula is C18H16N2O7S. The number of rotatable bonds is 7. The third-order valence-electron chi connectivity index (χ3n) is 3.61. The summed E-state index contributed by atoms with van der Waals surface area (Å²) in [6, 6.07) is 11.0. The molecule has 9 nitrogen and oxygen atoms in total. The lowest BCUT2D eigenvalue weighted by atomic mass is 10.2. The third kappa shape index (κ3) is 5.13. The molecule has 0 saturated carbocycles. The number of para-hydroxylation sites is 2. The minimum absolute atomic E-state index is 0.00158. The number of hydrogen-bond donors (Lipinski definition) is 1. The number of carbonyl (C=O) groups is 2. The highest BCUT2D eigenvalue weighted by molar-refractivity contribution is 8.00. The Labute approximate surface area is 164 Å². The molecule has 1 heterocycles. The summed E-state index contributed by atoms with van der Waals surface area (Å²) in [4.78, 5) is 34.8. The average Bonchev–Trinajstić information content (AvgIpc) is 2.70. The minimum atomic E-state index is -0.660. The van der Waals surface area contributed by atoms with Crippen molar-refractivity contribution in [3.8, 4) is 11.5 Å². The van der Waals surface area contributed by atoms with Crippen molar-refractivity contribution in [1.29, 1.82) is 0 Å². The molecule has 146 valence electrons. The molecule has 28 heavy (non-hydrogen) atoms.